The molecule has 156 valence electrons. The van der Waals surface area contributed by atoms with Gasteiger partial charge in [0, 0.05) is 22.7 Å². The first-order chi connectivity index (χ1) is 15.8. The molecule has 2 heterocycles. The van der Waals surface area contributed by atoms with E-state index in [1.165, 1.54) is 11.1 Å². The van der Waals surface area contributed by atoms with E-state index >= 15 is 0 Å². The molecule has 0 N–H and O–H groups in total. The molecule has 0 radical (unpaired) electrons. The Balaban J connectivity index is 1.51. The zero-order chi connectivity index (χ0) is 21.8. The molecule has 3 aromatic carbocycles. The van der Waals surface area contributed by atoms with Crippen LogP contribution in [-0.4, -0.2) is 17.1 Å². The zero-order valence-electron chi connectivity index (χ0n) is 18.0. The Hall–Kier alpha value is -3.98. The molecule has 0 saturated carbocycles. The minimum Gasteiger partial charge on any atom is -0.497 e. The van der Waals surface area contributed by atoms with Crippen LogP contribution >= 0.6 is 0 Å². The van der Waals surface area contributed by atoms with Gasteiger partial charge in [-0.2, -0.15) is 0 Å². The highest BCUT2D eigenvalue weighted by atomic mass is 16.5. The molecule has 5 aromatic rings. The van der Waals surface area contributed by atoms with Gasteiger partial charge in [0.2, 0.25) is 0 Å². The second kappa shape index (κ2) is 9.03. The Morgan fingerprint density at radius 2 is 1.34 bits per heavy atom. The van der Waals surface area contributed by atoms with Crippen LogP contribution < -0.4 is 4.74 Å². The molecule has 0 saturated heterocycles. The van der Waals surface area contributed by atoms with Crippen LogP contribution in [0.5, 0.6) is 5.75 Å². The maximum Gasteiger partial charge on any atom is 0.159 e. The number of hydrogen-bond donors (Lipinski definition) is 0. The van der Waals surface area contributed by atoms with E-state index in [0.717, 1.165) is 52.0 Å². The van der Waals surface area contributed by atoms with Crippen LogP contribution in [0.25, 0.3) is 33.4 Å². The number of fused-ring (bicyclic) bond motifs is 1. The van der Waals surface area contributed by atoms with E-state index in [9.17, 15) is 0 Å². The fraction of sp³-hybridized carbons (Fsp3) is 0.103. The van der Waals surface area contributed by atoms with Gasteiger partial charge in [0.05, 0.1) is 12.8 Å². The van der Waals surface area contributed by atoms with Crippen molar-refractivity contribution < 1.29 is 4.74 Å². The largest absolute Gasteiger partial charge is 0.497 e. The van der Waals surface area contributed by atoms with E-state index in [4.69, 9.17) is 14.7 Å². The van der Waals surface area contributed by atoms with Crippen LogP contribution in [-0.2, 0) is 12.8 Å². The molecule has 32 heavy (non-hydrogen) atoms. The second-order valence-corrected chi connectivity index (χ2v) is 7.85. The Labute approximate surface area is 188 Å². The third kappa shape index (κ3) is 4.23. The van der Waals surface area contributed by atoms with Crippen molar-refractivity contribution in [2.75, 3.05) is 7.11 Å². The summed E-state index contributed by atoms with van der Waals surface area (Å²) in [5.74, 6) is 0.884. The van der Waals surface area contributed by atoms with Crippen molar-refractivity contribution in [1.29, 1.82) is 0 Å². The summed E-state index contributed by atoms with van der Waals surface area (Å²) in [6.45, 7) is 0. The second-order valence-electron chi connectivity index (χ2n) is 7.85. The third-order valence-electron chi connectivity index (χ3n) is 5.72. The van der Waals surface area contributed by atoms with Gasteiger partial charge in [-0.05, 0) is 53.8 Å². The van der Waals surface area contributed by atoms with Gasteiger partial charge < -0.3 is 4.74 Å². The van der Waals surface area contributed by atoms with Crippen LogP contribution in [0.1, 0.15) is 11.1 Å². The highest BCUT2D eigenvalue weighted by Gasteiger charge is 2.12. The Bertz CT molecular complexity index is 1330. The molecule has 0 unspecified atom stereocenters. The quantitative estimate of drug-likeness (QED) is 0.307. The number of rotatable bonds is 6. The Kier molecular flexibility index (Phi) is 5.63. The fourth-order valence-corrected chi connectivity index (χ4v) is 3.98. The molecule has 0 aliphatic rings. The molecular formula is C29H24N2O. The molecular weight excluding hydrogens is 392 g/mol. The summed E-state index contributed by atoms with van der Waals surface area (Å²) in [5.41, 5.74) is 7.61. The van der Waals surface area contributed by atoms with Crippen LogP contribution in [0.3, 0.4) is 0 Å². The number of pyridine rings is 2. The smallest absolute Gasteiger partial charge is 0.159 e. The molecule has 0 fully saturated rings. The minimum absolute atomic E-state index is 0.775. The lowest BCUT2D eigenvalue weighted by molar-refractivity contribution is 0.414. The summed E-state index contributed by atoms with van der Waals surface area (Å²) in [7, 11) is 1.69. The van der Waals surface area contributed by atoms with Gasteiger partial charge >= 0.3 is 0 Å². The van der Waals surface area contributed by atoms with Gasteiger partial charge in [-0.3, -0.25) is 0 Å². The summed E-state index contributed by atoms with van der Waals surface area (Å²) in [6.07, 6.45) is 3.84. The molecule has 0 atom stereocenters. The van der Waals surface area contributed by atoms with Gasteiger partial charge in [0.25, 0.3) is 0 Å². The highest BCUT2D eigenvalue weighted by molar-refractivity contribution is 5.90. The van der Waals surface area contributed by atoms with Gasteiger partial charge in [-0.15, -0.1) is 0 Å². The summed E-state index contributed by atoms with van der Waals surface area (Å²) in [6, 6.07) is 33.5. The van der Waals surface area contributed by atoms with Crippen molar-refractivity contribution in [2.24, 2.45) is 0 Å². The molecule has 0 spiro atoms. The van der Waals surface area contributed by atoms with Crippen LogP contribution in [0.2, 0.25) is 0 Å². The maximum absolute atomic E-state index is 5.25. The van der Waals surface area contributed by atoms with E-state index in [0.29, 0.717) is 0 Å². The number of nitrogens with zero attached hydrogens (tertiary/aromatic N) is 2. The average molecular weight is 417 g/mol. The van der Waals surface area contributed by atoms with Crippen LogP contribution in [0, 0.1) is 0 Å². The predicted molar refractivity (Wildman–Crippen MR) is 131 cm³/mol. The van der Waals surface area contributed by atoms with Crippen molar-refractivity contribution in [2.45, 2.75) is 12.8 Å². The molecule has 2 aromatic heterocycles. The fourth-order valence-electron chi connectivity index (χ4n) is 3.98. The van der Waals surface area contributed by atoms with E-state index in [1.54, 1.807) is 7.11 Å². The molecule has 3 nitrogen and oxygen atoms in total. The zero-order valence-corrected chi connectivity index (χ0v) is 18.0. The monoisotopic (exact) mass is 416 g/mol. The molecule has 3 heteroatoms. The third-order valence-corrected chi connectivity index (χ3v) is 5.72. The molecule has 0 aliphatic heterocycles. The summed E-state index contributed by atoms with van der Waals surface area (Å²) >= 11 is 0. The van der Waals surface area contributed by atoms with Crippen molar-refractivity contribution in [1.82, 2.24) is 9.97 Å². The number of methoxy groups -OCH3 is 1. The van der Waals surface area contributed by atoms with Gasteiger partial charge in [-0.1, -0.05) is 72.8 Å². The topological polar surface area (TPSA) is 35.0 Å². The molecule has 0 bridgehead atoms. The lowest BCUT2D eigenvalue weighted by Crippen LogP contribution is -1.96. The average Bonchev–Trinajstić information content (AvgIpc) is 2.88. The van der Waals surface area contributed by atoms with E-state index in [-0.39, 0.29) is 0 Å². The molecule has 0 amide bonds. The van der Waals surface area contributed by atoms with Gasteiger partial charge in [0.15, 0.2) is 5.65 Å². The van der Waals surface area contributed by atoms with Crippen molar-refractivity contribution in [3.63, 3.8) is 0 Å². The van der Waals surface area contributed by atoms with Gasteiger partial charge in [0.1, 0.15) is 5.75 Å². The van der Waals surface area contributed by atoms with E-state index in [2.05, 4.69) is 60.7 Å². The van der Waals surface area contributed by atoms with E-state index in [1.807, 2.05) is 42.6 Å². The molecule has 0 aliphatic carbocycles. The Morgan fingerprint density at radius 1 is 0.688 bits per heavy atom. The highest BCUT2D eigenvalue weighted by Crippen LogP contribution is 2.33. The van der Waals surface area contributed by atoms with Crippen LogP contribution in [0.15, 0.2) is 103 Å². The summed E-state index contributed by atoms with van der Waals surface area (Å²) in [5, 5.41) is 1.07. The van der Waals surface area contributed by atoms with E-state index < -0.39 is 0 Å². The number of benzene rings is 3. The summed E-state index contributed by atoms with van der Waals surface area (Å²) < 4.78 is 5.25. The number of ether oxygens (including phenoxy) is 1. The maximum atomic E-state index is 5.25. The van der Waals surface area contributed by atoms with Crippen molar-refractivity contribution in [3.05, 3.63) is 114 Å². The SMILES string of the molecule is COc1ccc(CCc2cnc3nc(-c4ccccc4)c(-c4ccccc4)cc3c2)cc1. The normalized spacial score (nSPS) is 10.9. The minimum atomic E-state index is 0.775. The lowest BCUT2D eigenvalue weighted by atomic mass is 9.97. The predicted octanol–water partition coefficient (Wildman–Crippen LogP) is 6.76. The number of aromatic nitrogens is 2. The van der Waals surface area contributed by atoms with Crippen molar-refractivity contribution in [3.8, 4) is 28.1 Å². The molecule has 5 rings (SSSR count). The number of hydrogen-bond acceptors (Lipinski definition) is 3. The van der Waals surface area contributed by atoms with Crippen molar-refractivity contribution >= 4 is 11.0 Å². The first-order valence-electron chi connectivity index (χ1n) is 10.8. The number of aryl methyl sites for hydroxylation is 2. The lowest BCUT2D eigenvalue weighted by Gasteiger charge is -2.12. The first kappa shape index (κ1) is 20.0. The Morgan fingerprint density at radius 3 is 2.03 bits per heavy atom. The summed E-state index contributed by atoms with van der Waals surface area (Å²) in [4.78, 5) is 9.69. The van der Waals surface area contributed by atoms with Crippen LogP contribution in [0.4, 0.5) is 0 Å². The van der Waals surface area contributed by atoms with Gasteiger partial charge in [-0.25, -0.2) is 9.97 Å². The standard InChI is InChI=1S/C29H24N2O/c1-32-26-16-14-21(15-17-26)12-13-22-18-25-19-27(23-8-4-2-5-9-23)28(31-29(25)30-20-22)24-10-6-3-7-11-24/h2-11,14-20H,12-13H2,1H3. The first-order valence-corrected chi connectivity index (χ1v) is 10.8.